The highest BCUT2D eigenvalue weighted by molar-refractivity contribution is 5.85. The summed E-state index contributed by atoms with van der Waals surface area (Å²) in [5.41, 5.74) is 5.27. The number of H-pyrrole nitrogens is 1. The van der Waals surface area contributed by atoms with Crippen molar-refractivity contribution in [2.24, 2.45) is 0 Å². The Morgan fingerprint density at radius 2 is 2.26 bits per heavy atom. The fourth-order valence-corrected chi connectivity index (χ4v) is 3.02. The average molecular weight is 305 g/mol. The minimum Gasteiger partial charge on any atom is -0.379 e. The van der Waals surface area contributed by atoms with Gasteiger partial charge in [-0.05, 0) is 29.4 Å². The minimum absolute atomic E-state index is 0.286. The van der Waals surface area contributed by atoms with Crippen molar-refractivity contribution in [3.8, 4) is 11.4 Å². The standard InChI is InChI=1S/C18H19N5/c1-23-9-8-20-16-6-5-13(10-14(16)12-23)15-11-21-22-18(15)17-4-2-3-7-19-17/h2-7,10-12,16,20H,8-9H2,1H3,(H,21,22). The van der Waals surface area contributed by atoms with E-state index in [2.05, 4.69) is 56.9 Å². The molecule has 2 aromatic heterocycles. The molecule has 1 atom stereocenters. The molecule has 0 radical (unpaired) electrons. The van der Waals surface area contributed by atoms with Crippen molar-refractivity contribution in [1.82, 2.24) is 25.4 Å². The summed E-state index contributed by atoms with van der Waals surface area (Å²) >= 11 is 0. The number of hydrogen-bond acceptors (Lipinski definition) is 4. The summed E-state index contributed by atoms with van der Waals surface area (Å²) in [7, 11) is 2.11. The summed E-state index contributed by atoms with van der Waals surface area (Å²) in [4.78, 5) is 6.64. The molecule has 1 unspecified atom stereocenters. The number of likely N-dealkylation sites (N-methyl/N-ethyl adjacent to an activating group) is 1. The minimum atomic E-state index is 0.286. The van der Waals surface area contributed by atoms with E-state index in [9.17, 15) is 0 Å². The predicted molar refractivity (Wildman–Crippen MR) is 91.4 cm³/mol. The van der Waals surface area contributed by atoms with Crippen LogP contribution in [0.25, 0.3) is 17.0 Å². The number of rotatable bonds is 2. The number of fused-ring (bicyclic) bond motifs is 1. The monoisotopic (exact) mass is 305 g/mol. The van der Waals surface area contributed by atoms with Gasteiger partial charge in [0.05, 0.1) is 11.7 Å². The van der Waals surface area contributed by atoms with Crippen molar-refractivity contribution in [2.75, 3.05) is 20.1 Å². The average Bonchev–Trinajstić information content (AvgIpc) is 2.99. The molecule has 2 N–H and O–H groups in total. The van der Waals surface area contributed by atoms with E-state index in [4.69, 9.17) is 0 Å². The molecule has 116 valence electrons. The van der Waals surface area contributed by atoms with Crippen LogP contribution in [0.5, 0.6) is 0 Å². The van der Waals surface area contributed by atoms with Gasteiger partial charge >= 0.3 is 0 Å². The van der Waals surface area contributed by atoms with Crippen LogP contribution in [0.4, 0.5) is 0 Å². The van der Waals surface area contributed by atoms with Crippen LogP contribution in [0.1, 0.15) is 5.56 Å². The van der Waals surface area contributed by atoms with Gasteiger partial charge in [0, 0.05) is 44.3 Å². The number of allylic oxidation sites excluding steroid dienone is 2. The van der Waals surface area contributed by atoms with Gasteiger partial charge in [0.25, 0.3) is 0 Å². The number of aromatic amines is 1. The molecule has 5 nitrogen and oxygen atoms in total. The predicted octanol–water partition coefficient (Wildman–Crippen LogP) is 2.21. The number of aromatic nitrogens is 3. The molecular formula is C18H19N5. The van der Waals surface area contributed by atoms with Crippen LogP contribution in [0.15, 0.2) is 60.6 Å². The Hall–Kier alpha value is -2.66. The van der Waals surface area contributed by atoms with Crippen molar-refractivity contribution >= 4 is 5.57 Å². The third-order valence-corrected chi connectivity index (χ3v) is 4.21. The first kappa shape index (κ1) is 14.0. The van der Waals surface area contributed by atoms with Crippen LogP contribution in [-0.4, -0.2) is 46.3 Å². The van der Waals surface area contributed by atoms with Crippen molar-refractivity contribution in [3.05, 3.63) is 66.2 Å². The first-order valence-electron chi connectivity index (χ1n) is 7.82. The molecule has 4 rings (SSSR count). The normalized spacial score (nSPS) is 20.6. The SMILES string of the molecule is CN1C=C2C=C(c3c[nH]nc3-c3ccccn3)C=CC2NCC1. The Morgan fingerprint density at radius 3 is 3.13 bits per heavy atom. The number of nitrogens with zero attached hydrogens (tertiary/aromatic N) is 3. The Morgan fingerprint density at radius 1 is 1.30 bits per heavy atom. The Balaban J connectivity index is 1.74. The lowest BCUT2D eigenvalue weighted by molar-refractivity contribution is 0.457. The molecule has 0 fully saturated rings. The molecule has 5 heteroatoms. The molecular weight excluding hydrogens is 286 g/mol. The van der Waals surface area contributed by atoms with E-state index in [0.29, 0.717) is 0 Å². The third-order valence-electron chi connectivity index (χ3n) is 4.21. The van der Waals surface area contributed by atoms with Gasteiger partial charge in [-0.25, -0.2) is 0 Å². The Bertz CT molecular complexity index is 785. The van der Waals surface area contributed by atoms with Crippen LogP contribution in [-0.2, 0) is 0 Å². The van der Waals surface area contributed by atoms with Gasteiger partial charge in [0.1, 0.15) is 5.69 Å². The largest absolute Gasteiger partial charge is 0.379 e. The first-order valence-corrected chi connectivity index (χ1v) is 7.82. The molecule has 2 aliphatic rings. The smallest absolute Gasteiger partial charge is 0.118 e. The lowest BCUT2D eigenvalue weighted by Gasteiger charge is -2.19. The molecule has 0 saturated heterocycles. The topological polar surface area (TPSA) is 56.8 Å². The Labute approximate surface area is 135 Å². The van der Waals surface area contributed by atoms with Crippen LogP contribution >= 0.6 is 0 Å². The van der Waals surface area contributed by atoms with Gasteiger partial charge in [-0.1, -0.05) is 18.2 Å². The van der Waals surface area contributed by atoms with Crippen LogP contribution in [0.2, 0.25) is 0 Å². The van der Waals surface area contributed by atoms with Crippen molar-refractivity contribution in [1.29, 1.82) is 0 Å². The second kappa shape index (κ2) is 5.85. The summed E-state index contributed by atoms with van der Waals surface area (Å²) in [5, 5.41) is 10.9. The highest BCUT2D eigenvalue weighted by Gasteiger charge is 2.20. The van der Waals surface area contributed by atoms with Crippen molar-refractivity contribution in [2.45, 2.75) is 6.04 Å². The van der Waals surface area contributed by atoms with Crippen molar-refractivity contribution < 1.29 is 0 Å². The van der Waals surface area contributed by atoms with Gasteiger partial charge in [0.2, 0.25) is 0 Å². The zero-order valence-corrected chi connectivity index (χ0v) is 13.0. The molecule has 3 heterocycles. The summed E-state index contributed by atoms with van der Waals surface area (Å²) in [5.74, 6) is 0. The second-order valence-corrected chi connectivity index (χ2v) is 5.86. The molecule has 1 aliphatic carbocycles. The lowest BCUT2D eigenvalue weighted by atomic mass is 9.93. The van der Waals surface area contributed by atoms with Crippen LogP contribution in [0.3, 0.4) is 0 Å². The third kappa shape index (κ3) is 2.71. The summed E-state index contributed by atoms with van der Waals surface area (Å²) in [6.07, 6.45) is 12.6. The van der Waals surface area contributed by atoms with E-state index in [-0.39, 0.29) is 6.04 Å². The van der Waals surface area contributed by atoms with E-state index in [1.165, 1.54) is 5.57 Å². The van der Waals surface area contributed by atoms with Crippen LogP contribution in [0, 0.1) is 0 Å². The lowest BCUT2D eigenvalue weighted by Crippen LogP contribution is -2.31. The quantitative estimate of drug-likeness (QED) is 0.893. The number of pyridine rings is 1. The zero-order chi connectivity index (χ0) is 15.6. The Kier molecular flexibility index (Phi) is 3.55. The maximum atomic E-state index is 4.42. The molecule has 0 bridgehead atoms. The molecule has 0 amide bonds. The molecule has 2 aromatic rings. The van der Waals surface area contributed by atoms with Gasteiger partial charge in [0.15, 0.2) is 0 Å². The summed E-state index contributed by atoms with van der Waals surface area (Å²) in [6, 6.07) is 6.16. The maximum Gasteiger partial charge on any atom is 0.118 e. The highest BCUT2D eigenvalue weighted by Crippen LogP contribution is 2.30. The fraction of sp³-hybridized carbons (Fsp3) is 0.222. The fourth-order valence-electron chi connectivity index (χ4n) is 3.02. The van der Waals surface area contributed by atoms with E-state index in [1.54, 1.807) is 6.20 Å². The highest BCUT2D eigenvalue weighted by atomic mass is 15.1. The summed E-state index contributed by atoms with van der Waals surface area (Å²) in [6.45, 7) is 2.00. The second-order valence-electron chi connectivity index (χ2n) is 5.86. The first-order chi connectivity index (χ1) is 11.3. The van der Waals surface area contributed by atoms with Gasteiger partial charge < -0.3 is 10.2 Å². The van der Waals surface area contributed by atoms with Gasteiger partial charge in [-0.15, -0.1) is 0 Å². The van der Waals surface area contributed by atoms with E-state index >= 15 is 0 Å². The zero-order valence-electron chi connectivity index (χ0n) is 13.0. The number of hydrogen-bond donors (Lipinski definition) is 2. The van der Waals surface area contributed by atoms with E-state index in [0.717, 1.165) is 35.6 Å². The maximum absolute atomic E-state index is 4.42. The molecule has 0 saturated carbocycles. The van der Waals surface area contributed by atoms with Crippen LogP contribution < -0.4 is 5.32 Å². The van der Waals surface area contributed by atoms with Gasteiger partial charge in [-0.3, -0.25) is 10.1 Å². The summed E-state index contributed by atoms with van der Waals surface area (Å²) < 4.78 is 0. The number of nitrogens with one attached hydrogen (secondary N) is 2. The molecule has 23 heavy (non-hydrogen) atoms. The van der Waals surface area contributed by atoms with E-state index < -0.39 is 0 Å². The van der Waals surface area contributed by atoms with Crippen molar-refractivity contribution in [3.63, 3.8) is 0 Å². The van der Waals surface area contributed by atoms with Gasteiger partial charge in [-0.2, -0.15) is 5.10 Å². The molecule has 0 aromatic carbocycles. The molecule has 1 aliphatic heterocycles. The molecule has 0 spiro atoms. The van der Waals surface area contributed by atoms with E-state index in [1.807, 2.05) is 24.4 Å².